The van der Waals surface area contributed by atoms with Crippen LogP contribution < -0.4 is 9.80 Å². The summed E-state index contributed by atoms with van der Waals surface area (Å²) >= 11 is 2.68. The zero-order valence-corrected chi connectivity index (χ0v) is 19.7. The molecule has 2 aromatic heterocycles. The van der Waals surface area contributed by atoms with Crippen molar-refractivity contribution >= 4 is 57.1 Å². The Morgan fingerprint density at radius 1 is 1.00 bits per heavy atom. The number of rotatable bonds is 7. The van der Waals surface area contributed by atoms with Gasteiger partial charge in [0, 0.05) is 28.9 Å². The second-order valence-corrected chi connectivity index (χ2v) is 9.04. The van der Waals surface area contributed by atoms with Crippen LogP contribution in [0.4, 0.5) is 25.3 Å². The molecule has 0 fully saturated rings. The van der Waals surface area contributed by atoms with Gasteiger partial charge in [-0.25, -0.2) is 13.8 Å². The SMILES string of the molecule is CC(=O)N(c1nc(/C=C/C(=O)N(Cc2cccs2)c2ccc(F)cc2)cs1)c1ccccc1F. The first-order chi connectivity index (χ1) is 16.4. The topological polar surface area (TPSA) is 53.5 Å². The number of anilines is 3. The normalized spacial score (nSPS) is 11.0. The molecule has 5 nitrogen and oxygen atoms in total. The number of carbonyl (C=O) groups is 2. The van der Waals surface area contributed by atoms with E-state index in [1.54, 1.807) is 29.6 Å². The molecule has 0 saturated heterocycles. The summed E-state index contributed by atoms with van der Waals surface area (Å²) in [5.74, 6) is -1.62. The van der Waals surface area contributed by atoms with Crippen LogP contribution >= 0.6 is 22.7 Å². The summed E-state index contributed by atoms with van der Waals surface area (Å²) in [5, 5.41) is 3.89. The molecule has 0 saturated carbocycles. The predicted molar refractivity (Wildman–Crippen MR) is 132 cm³/mol. The molecule has 0 radical (unpaired) electrons. The molecule has 0 aliphatic heterocycles. The van der Waals surface area contributed by atoms with Gasteiger partial charge in [-0.05, 0) is 53.9 Å². The highest BCUT2D eigenvalue weighted by Gasteiger charge is 2.21. The smallest absolute Gasteiger partial charge is 0.251 e. The van der Waals surface area contributed by atoms with Crippen LogP contribution in [0.1, 0.15) is 17.5 Å². The quantitative estimate of drug-likeness (QED) is 0.278. The molecule has 4 aromatic rings. The van der Waals surface area contributed by atoms with E-state index in [2.05, 4.69) is 4.98 Å². The summed E-state index contributed by atoms with van der Waals surface area (Å²) in [7, 11) is 0. The van der Waals surface area contributed by atoms with Crippen LogP contribution in [0.2, 0.25) is 0 Å². The van der Waals surface area contributed by atoms with Gasteiger partial charge in [0.15, 0.2) is 5.13 Å². The first kappa shape index (κ1) is 23.5. The van der Waals surface area contributed by atoms with E-state index in [1.807, 2.05) is 17.5 Å². The standard InChI is InChI=1S/C25H19F2N3O2S2/c1-17(31)30(23-7-3-2-6-22(23)27)25-28-19(16-34-25)10-13-24(32)29(15-21-5-4-14-33-21)20-11-8-18(26)9-12-20/h2-14,16H,15H2,1H3/b13-10+. The van der Waals surface area contributed by atoms with E-state index >= 15 is 0 Å². The van der Waals surface area contributed by atoms with Crippen molar-refractivity contribution in [3.05, 3.63) is 99.7 Å². The van der Waals surface area contributed by atoms with E-state index in [0.717, 1.165) is 16.2 Å². The fourth-order valence-corrected chi connectivity index (χ4v) is 4.76. The predicted octanol–water partition coefficient (Wildman–Crippen LogP) is 6.41. The van der Waals surface area contributed by atoms with Crippen molar-refractivity contribution in [2.75, 3.05) is 9.80 Å². The van der Waals surface area contributed by atoms with Gasteiger partial charge in [0.1, 0.15) is 11.6 Å². The minimum Gasteiger partial charge on any atom is -0.304 e. The van der Waals surface area contributed by atoms with Gasteiger partial charge in [-0.2, -0.15) is 0 Å². The number of hydrogen-bond acceptors (Lipinski definition) is 5. The molecule has 2 heterocycles. The zero-order valence-electron chi connectivity index (χ0n) is 18.0. The Morgan fingerprint density at radius 3 is 2.44 bits per heavy atom. The third-order valence-corrected chi connectivity index (χ3v) is 6.51. The molecule has 0 aliphatic carbocycles. The maximum atomic E-state index is 14.3. The molecule has 0 bridgehead atoms. The first-order valence-corrected chi connectivity index (χ1v) is 12.0. The Bertz CT molecular complexity index is 1320. The lowest BCUT2D eigenvalue weighted by atomic mass is 10.2. The molecule has 2 amide bonds. The number of benzene rings is 2. The number of aromatic nitrogens is 1. The van der Waals surface area contributed by atoms with E-state index < -0.39 is 5.82 Å². The van der Waals surface area contributed by atoms with E-state index in [4.69, 9.17) is 0 Å². The van der Waals surface area contributed by atoms with Crippen molar-refractivity contribution in [3.8, 4) is 0 Å². The average molecular weight is 496 g/mol. The van der Waals surface area contributed by atoms with Crippen LogP contribution in [-0.4, -0.2) is 16.8 Å². The average Bonchev–Trinajstić information content (AvgIpc) is 3.50. The number of halogens is 2. The Labute approximate surface area is 203 Å². The molecular weight excluding hydrogens is 476 g/mol. The Kier molecular flexibility index (Phi) is 7.24. The second-order valence-electron chi connectivity index (χ2n) is 7.17. The summed E-state index contributed by atoms with van der Waals surface area (Å²) in [6, 6.07) is 15.5. The van der Waals surface area contributed by atoms with Gasteiger partial charge in [-0.15, -0.1) is 22.7 Å². The summed E-state index contributed by atoms with van der Waals surface area (Å²) in [6.45, 7) is 1.66. The maximum absolute atomic E-state index is 14.3. The number of nitrogens with zero attached hydrogens (tertiary/aromatic N) is 3. The Balaban J connectivity index is 1.57. The van der Waals surface area contributed by atoms with Crippen LogP contribution in [0.25, 0.3) is 6.08 Å². The molecule has 0 aliphatic rings. The van der Waals surface area contributed by atoms with Crippen LogP contribution in [-0.2, 0) is 16.1 Å². The van der Waals surface area contributed by atoms with Crippen LogP contribution in [0, 0.1) is 11.6 Å². The minimum absolute atomic E-state index is 0.106. The van der Waals surface area contributed by atoms with Gasteiger partial charge >= 0.3 is 0 Å². The van der Waals surface area contributed by atoms with E-state index in [-0.39, 0.29) is 23.3 Å². The molecule has 9 heteroatoms. The van der Waals surface area contributed by atoms with Gasteiger partial charge in [-0.1, -0.05) is 18.2 Å². The molecule has 0 N–H and O–H groups in total. The van der Waals surface area contributed by atoms with E-state index in [0.29, 0.717) is 23.1 Å². The zero-order chi connectivity index (χ0) is 24.1. The third-order valence-electron chi connectivity index (χ3n) is 4.80. The Hall–Kier alpha value is -3.69. The number of thiazole rings is 1. The molecular formula is C25H19F2N3O2S2. The maximum Gasteiger partial charge on any atom is 0.251 e. The highest BCUT2D eigenvalue weighted by Crippen LogP contribution is 2.31. The summed E-state index contributed by atoms with van der Waals surface area (Å²) < 4.78 is 27.7. The van der Waals surface area contributed by atoms with Crippen LogP contribution in [0.3, 0.4) is 0 Å². The highest BCUT2D eigenvalue weighted by molar-refractivity contribution is 7.14. The van der Waals surface area contributed by atoms with Crippen molar-refractivity contribution in [1.29, 1.82) is 0 Å². The summed E-state index contributed by atoms with van der Waals surface area (Å²) in [4.78, 5) is 33.4. The molecule has 34 heavy (non-hydrogen) atoms. The highest BCUT2D eigenvalue weighted by atomic mass is 32.1. The minimum atomic E-state index is -0.538. The fourth-order valence-electron chi connectivity index (χ4n) is 3.22. The van der Waals surface area contributed by atoms with E-state index in [9.17, 15) is 18.4 Å². The van der Waals surface area contributed by atoms with E-state index in [1.165, 1.54) is 64.5 Å². The van der Waals surface area contributed by atoms with Gasteiger partial charge in [0.05, 0.1) is 17.9 Å². The van der Waals surface area contributed by atoms with Crippen molar-refractivity contribution < 1.29 is 18.4 Å². The number of carbonyl (C=O) groups excluding carboxylic acids is 2. The molecule has 4 rings (SSSR count). The van der Waals surface area contributed by atoms with Gasteiger partial charge in [-0.3, -0.25) is 14.5 Å². The largest absolute Gasteiger partial charge is 0.304 e. The van der Waals surface area contributed by atoms with Gasteiger partial charge in [0.25, 0.3) is 5.91 Å². The molecule has 0 unspecified atom stereocenters. The lowest BCUT2D eigenvalue weighted by Gasteiger charge is -2.20. The Morgan fingerprint density at radius 2 is 1.76 bits per heavy atom. The molecule has 0 spiro atoms. The number of hydrogen-bond donors (Lipinski definition) is 0. The third kappa shape index (κ3) is 5.44. The summed E-state index contributed by atoms with van der Waals surface area (Å²) in [5.41, 5.74) is 1.12. The lowest BCUT2D eigenvalue weighted by Crippen LogP contribution is -2.28. The van der Waals surface area contributed by atoms with Crippen LogP contribution in [0.5, 0.6) is 0 Å². The number of thiophene rings is 1. The fraction of sp³-hybridized carbons (Fsp3) is 0.0800. The monoisotopic (exact) mass is 495 g/mol. The lowest BCUT2D eigenvalue weighted by molar-refractivity contribution is -0.116. The van der Waals surface area contributed by atoms with Crippen molar-refractivity contribution in [2.45, 2.75) is 13.5 Å². The van der Waals surface area contributed by atoms with Crippen molar-refractivity contribution in [3.63, 3.8) is 0 Å². The van der Waals surface area contributed by atoms with Crippen LogP contribution in [0.15, 0.2) is 77.5 Å². The summed E-state index contributed by atoms with van der Waals surface area (Å²) in [6.07, 6.45) is 2.91. The molecule has 0 atom stereocenters. The van der Waals surface area contributed by atoms with Gasteiger partial charge in [0.2, 0.25) is 5.91 Å². The first-order valence-electron chi connectivity index (χ1n) is 10.2. The molecule has 2 aromatic carbocycles. The number of amides is 2. The van der Waals surface area contributed by atoms with Crippen molar-refractivity contribution in [2.24, 2.45) is 0 Å². The number of para-hydroxylation sites is 1. The second kappa shape index (κ2) is 10.5. The van der Waals surface area contributed by atoms with Crippen molar-refractivity contribution in [1.82, 2.24) is 4.98 Å². The molecule has 172 valence electrons. The van der Waals surface area contributed by atoms with Gasteiger partial charge < -0.3 is 4.90 Å².